The van der Waals surface area contributed by atoms with Crippen LogP contribution in [0, 0.1) is 30.6 Å². The Kier molecular flexibility index (Phi) is 14.7. The smallest absolute Gasteiger partial charge is 0.312 e. The van der Waals surface area contributed by atoms with Crippen molar-refractivity contribution in [2.24, 2.45) is 33.7 Å². The number of methoxy groups -OCH3 is 1. The quantitative estimate of drug-likeness (QED) is 0.0714. The number of phenols is 2. The van der Waals surface area contributed by atoms with Gasteiger partial charge in [-0.15, -0.1) is 6.58 Å². The molecule has 1 saturated heterocycles. The number of hydrogen-bond acceptors (Lipinski definition) is 14. The molecule has 15 heteroatoms. The van der Waals surface area contributed by atoms with Gasteiger partial charge >= 0.3 is 11.8 Å². The summed E-state index contributed by atoms with van der Waals surface area (Å²) in [6, 6.07) is 19.6. The molecule has 1 spiro atoms. The van der Waals surface area contributed by atoms with E-state index < -0.39 is 88.7 Å². The molecule has 0 aromatic heterocycles. The highest BCUT2D eigenvalue weighted by molar-refractivity contribution is 6.19. The summed E-state index contributed by atoms with van der Waals surface area (Å²) in [4.78, 5) is 55.3. The number of Topliss-reactive ketones (excluding diaryl/α,β-unsaturated/α-hetero) is 1. The number of nitrogens with zero attached hydrogens (tertiary/aromatic N) is 3. The third-order valence-corrected chi connectivity index (χ3v) is 15.2. The minimum absolute atomic E-state index is 0.00423. The van der Waals surface area contributed by atoms with Crippen LogP contribution in [-0.2, 0) is 23.8 Å². The van der Waals surface area contributed by atoms with E-state index in [0.29, 0.717) is 19.4 Å². The average molecular weight is 983 g/mol. The Morgan fingerprint density at radius 1 is 0.875 bits per heavy atom. The Labute approximate surface area is 419 Å². The summed E-state index contributed by atoms with van der Waals surface area (Å²) >= 11 is 0. The summed E-state index contributed by atoms with van der Waals surface area (Å²) in [5.74, 6) is -7.26. The Morgan fingerprint density at radius 2 is 1.49 bits per heavy atom. The number of carbonyl (C=O) groups is 3. The van der Waals surface area contributed by atoms with Crippen molar-refractivity contribution in [3.05, 3.63) is 142 Å². The maximum atomic E-state index is 15.2. The van der Waals surface area contributed by atoms with E-state index in [1.54, 1.807) is 65.8 Å². The minimum atomic E-state index is -2.02. The van der Waals surface area contributed by atoms with Gasteiger partial charge in [0, 0.05) is 92.6 Å². The zero-order valence-electron chi connectivity index (χ0n) is 42.3. The molecule has 380 valence electrons. The van der Waals surface area contributed by atoms with Crippen LogP contribution in [0.1, 0.15) is 100 Å². The lowest BCUT2D eigenvalue weighted by molar-refractivity contribution is -0.160. The van der Waals surface area contributed by atoms with Crippen molar-refractivity contribution in [1.29, 1.82) is 0 Å². The van der Waals surface area contributed by atoms with E-state index >= 15 is 4.79 Å². The monoisotopic (exact) mass is 982 g/mol. The third kappa shape index (κ3) is 9.34. The Balaban J connectivity index is 1.36. The van der Waals surface area contributed by atoms with Gasteiger partial charge in [-0.3, -0.25) is 29.3 Å². The number of phenolic OH excluding ortho intramolecular Hbond substituents is 2. The number of allylic oxidation sites excluding steroid dienone is 2. The molecule has 1 amide bonds. The number of fused-ring (bicyclic) bond motifs is 1. The number of nitrogens with one attached hydrogen (secondary N) is 1. The van der Waals surface area contributed by atoms with Crippen LogP contribution in [0.25, 0.3) is 10.8 Å². The van der Waals surface area contributed by atoms with Crippen LogP contribution < -0.4 is 20.8 Å². The van der Waals surface area contributed by atoms with Crippen LogP contribution in [0.3, 0.4) is 0 Å². The fourth-order valence-electron chi connectivity index (χ4n) is 11.1. The van der Waals surface area contributed by atoms with E-state index in [2.05, 4.69) is 41.1 Å². The summed E-state index contributed by atoms with van der Waals surface area (Å²) in [5, 5.41) is 51.1. The highest BCUT2D eigenvalue weighted by Gasteiger charge is 2.52. The number of aliphatic hydroxyl groups excluding tert-OH is 2. The summed E-state index contributed by atoms with van der Waals surface area (Å²) in [7, 11) is 1.47. The predicted molar refractivity (Wildman–Crippen MR) is 272 cm³/mol. The van der Waals surface area contributed by atoms with Crippen molar-refractivity contribution in [2.45, 2.75) is 116 Å². The molecule has 4 aliphatic heterocycles. The fourth-order valence-corrected chi connectivity index (χ4v) is 11.1. The number of benzene rings is 4. The number of rotatable bonds is 6. The molecule has 5 N–H and O–H groups in total. The van der Waals surface area contributed by atoms with Gasteiger partial charge in [0.2, 0.25) is 0 Å². The van der Waals surface area contributed by atoms with E-state index in [1.807, 2.05) is 42.5 Å². The summed E-state index contributed by atoms with van der Waals surface area (Å²) < 4.78 is 24.3. The molecule has 15 nitrogen and oxygen atoms in total. The molecule has 0 saturated carbocycles. The molecule has 8 rings (SSSR count). The molecule has 4 aliphatic rings. The zero-order chi connectivity index (χ0) is 52.0. The summed E-state index contributed by atoms with van der Waals surface area (Å²) in [6.07, 6.45) is 6.43. The van der Waals surface area contributed by atoms with E-state index in [0.717, 1.165) is 11.1 Å². The molecule has 4 aromatic rings. The second-order valence-corrected chi connectivity index (χ2v) is 20.0. The predicted octanol–water partition coefficient (Wildman–Crippen LogP) is 7.76. The molecular weight excluding hydrogens is 917 g/mol. The van der Waals surface area contributed by atoms with E-state index in [9.17, 15) is 30.0 Å². The van der Waals surface area contributed by atoms with Crippen molar-refractivity contribution in [1.82, 2.24) is 4.90 Å². The highest BCUT2D eigenvalue weighted by atomic mass is 16.7. The molecule has 12 atom stereocenters. The van der Waals surface area contributed by atoms with Gasteiger partial charge in [0.25, 0.3) is 11.7 Å². The lowest BCUT2D eigenvalue weighted by Gasteiger charge is -2.47. The number of aromatic hydroxyl groups is 2. The number of aliphatic hydroxyl groups is 2. The second kappa shape index (κ2) is 20.5. The van der Waals surface area contributed by atoms with Crippen molar-refractivity contribution in [2.75, 3.05) is 19.0 Å². The number of carbonyl (C=O) groups excluding carboxylic acids is 3. The Bertz CT molecular complexity index is 2940. The van der Waals surface area contributed by atoms with Gasteiger partial charge in [-0.25, -0.2) is 0 Å². The molecule has 72 heavy (non-hydrogen) atoms. The number of likely N-dealkylation sites (tertiary alicyclic amines) is 1. The number of amides is 1. The van der Waals surface area contributed by atoms with Crippen molar-refractivity contribution >= 4 is 34.1 Å². The number of ketones is 1. The molecule has 1 fully saturated rings. The number of ether oxygens (including phenoxy) is 4. The van der Waals surface area contributed by atoms with Crippen LogP contribution in [0.15, 0.2) is 119 Å². The summed E-state index contributed by atoms with van der Waals surface area (Å²) in [5.41, 5.74) is 1.04. The molecule has 0 radical (unpaired) electrons. The second-order valence-electron chi connectivity index (χ2n) is 20.0. The van der Waals surface area contributed by atoms with Gasteiger partial charge in [-0.2, -0.15) is 0 Å². The van der Waals surface area contributed by atoms with Crippen LogP contribution in [0.2, 0.25) is 0 Å². The first-order chi connectivity index (χ1) is 34.3. The standard InChI is InChI=1S/C57H66N4O11/c1-11-26-61-39(37-21-14-12-15-22-37)28-57(29-40(61)38-23-16-13-17-24-38)59-45-42-43-50(65)35(7)53-44(42)54(67)56(9,72-53)70-27-25-41(69-10)32(4)52(71-36(8)62)34(6)49(64)33(5)48(63)30(2)19-18-20-31(3)55(68)58-47(51(43)66)46(45)60-57/h11-25,27,30,32-34,39-41,48-49,52,63-66H,1,26,28-29H2,2-10H3,(H,58,68)/b19-18-,27-25-,31-20+/t30-,32+,33+,34-,39-,40+,41-,48-,49-,52+,56-,57?/m0/s1. The van der Waals surface area contributed by atoms with Crippen LogP contribution in [0.5, 0.6) is 17.2 Å². The highest BCUT2D eigenvalue weighted by Crippen LogP contribution is 2.52. The maximum absolute atomic E-state index is 15.2. The lowest BCUT2D eigenvalue weighted by atomic mass is 9.78. The Morgan fingerprint density at radius 3 is 2.07 bits per heavy atom. The first kappa shape index (κ1) is 51.7. The largest absolute Gasteiger partial charge is 0.507 e. The van der Waals surface area contributed by atoms with E-state index in [4.69, 9.17) is 28.9 Å². The summed E-state index contributed by atoms with van der Waals surface area (Å²) in [6.45, 7) is 17.5. The van der Waals surface area contributed by atoms with Crippen LogP contribution in [-0.4, -0.2) is 92.5 Å². The maximum Gasteiger partial charge on any atom is 0.312 e. The topological polar surface area (TPSA) is 209 Å². The number of esters is 1. The molecule has 4 bridgehead atoms. The molecule has 0 aliphatic carbocycles. The van der Waals surface area contributed by atoms with Gasteiger partial charge in [0.05, 0.1) is 40.9 Å². The zero-order valence-corrected chi connectivity index (χ0v) is 42.3. The number of piperidine rings is 1. The number of hydrogen-bond donors (Lipinski definition) is 5. The SMILES string of the molecule is C=CCN1[C@@H](c2ccccc2)CC2(C[C@H]1c1ccccc1)N=c1c3c(O)c4c(O)c(C)c5c(c4c1=N2)C(=O)[C@@](C)(O/C=C\[C@H](OC)[C@@H](C)[C@@H](OC(C)=O)[C@@H](C)[C@@H](O)[C@H](C)[C@@H](O)[C@@H](C)/C=C\C=C(/C)C(=O)N3)O5. The van der Waals surface area contributed by atoms with Crippen molar-refractivity contribution in [3.63, 3.8) is 0 Å². The van der Waals surface area contributed by atoms with E-state index in [-0.39, 0.29) is 61.7 Å². The lowest BCUT2D eigenvalue weighted by Crippen LogP contribution is -2.46. The van der Waals surface area contributed by atoms with Gasteiger partial charge in [-0.05, 0) is 31.1 Å². The molecule has 4 aromatic carbocycles. The van der Waals surface area contributed by atoms with Crippen LogP contribution in [0.4, 0.5) is 5.69 Å². The average Bonchev–Trinajstić information content (AvgIpc) is 3.87. The first-order valence-corrected chi connectivity index (χ1v) is 24.6. The van der Waals surface area contributed by atoms with Gasteiger partial charge < -0.3 is 44.7 Å². The van der Waals surface area contributed by atoms with Crippen molar-refractivity contribution < 1.29 is 53.8 Å². The van der Waals surface area contributed by atoms with E-state index in [1.165, 1.54) is 27.2 Å². The normalized spacial score (nSPS) is 32.6. The van der Waals surface area contributed by atoms with Gasteiger partial charge in [0.15, 0.2) is 11.4 Å². The molecular formula is C57H66N4O11. The molecule has 4 heterocycles. The minimum Gasteiger partial charge on any atom is -0.507 e. The first-order valence-electron chi connectivity index (χ1n) is 24.6. The fraction of sp³-hybridized carbons (Fsp3) is 0.421. The Hall–Kier alpha value is -6.65. The molecule has 1 unspecified atom stereocenters. The van der Waals surface area contributed by atoms with Crippen molar-refractivity contribution in [3.8, 4) is 17.2 Å². The van der Waals surface area contributed by atoms with Gasteiger partial charge in [-0.1, -0.05) is 113 Å². The third-order valence-electron chi connectivity index (χ3n) is 15.2. The number of anilines is 1. The van der Waals surface area contributed by atoms with Crippen LogP contribution >= 0.6 is 0 Å². The van der Waals surface area contributed by atoms with Gasteiger partial charge in [0.1, 0.15) is 28.6 Å².